The van der Waals surface area contributed by atoms with Gasteiger partial charge in [-0.2, -0.15) is 0 Å². The summed E-state index contributed by atoms with van der Waals surface area (Å²) >= 11 is 5.92. The Balaban J connectivity index is 1.76. The monoisotopic (exact) mass is 391 g/mol. The first-order valence-corrected chi connectivity index (χ1v) is 9.23. The van der Waals surface area contributed by atoms with Gasteiger partial charge in [-0.15, -0.1) is 0 Å². The number of nitrogens with one attached hydrogen (secondary N) is 3. The summed E-state index contributed by atoms with van der Waals surface area (Å²) in [5.74, 6) is -0.287. The Hall–Kier alpha value is -3.31. The van der Waals surface area contributed by atoms with Crippen molar-refractivity contribution in [3.8, 4) is 0 Å². The number of halogens is 1. The Morgan fingerprint density at radius 3 is 2.50 bits per heavy atom. The molecule has 1 aliphatic heterocycles. The number of amides is 3. The third kappa shape index (κ3) is 3.44. The van der Waals surface area contributed by atoms with Gasteiger partial charge in [0, 0.05) is 16.4 Å². The molecule has 1 aliphatic rings. The Labute approximate surface area is 167 Å². The number of hydrogen-bond acceptors (Lipinski definition) is 2. The van der Waals surface area contributed by atoms with E-state index in [2.05, 4.69) is 16.0 Å². The van der Waals surface area contributed by atoms with Crippen molar-refractivity contribution < 1.29 is 9.59 Å². The Morgan fingerprint density at radius 2 is 1.71 bits per heavy atom. The number of carbonyl (C=O) groups excluding carboxylic acids is 2. The third-order valence-electron chi connectivity index (χ3n) is 4.75. The van der Waals surface area contributed by atoms with E-state index in [0.717, 1.165) is 16.3 Å². The van der Waals surface area contributed by atoms with Crippen molar-refractivity contribution in [2.75, 3.05) is 5.32 Å². The van der Waals surface area contributed by atoms with E-state index < -0.39 is 6.04 Å². The summed E-state index contributed by atoms with van der Waals surface area (Å²) in [7, 11) is 0. The number of fused-ring (bicyclic) bond motifs is 1. The van der Waals surface area contributed by atoms with E-state index in [1.165, 1.54) is 0 Å². The summed E-state index contributed by atoms with van der Waals surface area (Å²) in [6, 6.07) is 19.8. The standard InChI is InChI=1S/C22H18ClN3O2/c1-13-19(21(27)25-16-11-9-15(23)10-12-16)20(26-22(28)24-13)18-8-4-6-14-5-2-3-7-17(14)18/h2-12,20H,1H3,(H,25,27)(H2,24,26,28). The fraction of sp³-hybridized carbons (Fsp3) is 0.0909. The van der Waals surface area contributed by atoms with Crippen molar-refractivity contribution in [1.29, 1.82) is 0 Å². The third-order valence-corrected chi connectivity index (χ3v) is 5.00. The van der Waals surface area contributed by atoms with Crippen LogP contribution in [0.2, 0.25) is 5.02 Å². The molecule has 3 N–H and O–H groups in total. The van der Waals surface area contributed by atoms with Crippen molar-refractivity contribution in [1.82, 2.24) is 10.6 Å². The average molecular weight is 392 g/mol. The first kappa shape index (κ1) is 18.1. The molecule has 0 fully saturated rings. The molecule has 3 aromatic rings. The minimum absolute atomic E-state index is 0.287. The zero-order chi connectivity index (χ0) is 19.7. The van der Waals surface area contributed by atoms with Gasteiger partial charge in [-0.3, -0.25) is 4.79 Å². The summed E-state index contributed by atoms with van der Waals surface area (Å²) in [5.41, 5.74) is 2.48. The van der Waals surface area contributed by atoms with E-state index in [0.29, 0.717) is 22.0 Å². The van der Waals surface area contributed by atoms with E-state index in [1.54, 1.807) is 31.2 Å². The first-order valence-electron chi connectivity index (χ1n) is 8.86. The minimum atomic E-state index is -0.563. The largest absolute Gasteiger partial charge is 0.327 e. The molecule has 0 aliphatic carbocycles. The topological polar surface area (TPSA) is 70.2 Å². The van der Waals surface area contributed by atoms with Gasteiger partial charge in [0.15, 0.2) is 0 Å². The second-order valence-corrected chi connectivity index (χ2v) is 7.04. The van der Waals surface area contributed by atoms with Crippen molar-refractivity contribution >= 4 is 40.0 Å². The number of urea groups is 1. The maximum absolute atomic E-state index is 13.1. The molecule has 0 bridgehead atoms. The van der Waals surface area contributed by atoms with Gasteiger partial charge in [0.2, 0.25) is 0 Å². The van der Waals surface area contributed by atoms with Crippen LogP contribution >= 0.6 is 11.6 Å². The molecule has 0 spiro atoms. The molecule has 1 atom stereocenters. The summed E-state index contributed by atoms with van der Waals surface area (Å²) in [6.07, 6.45) is 0. The predicted octanol–water partition coefficient (Wildman–Crippen LogP) is 4.76. The van der Waals surface area contributed by atoms with Gasteiger partial charge in [0.1, 0.15) is 0 Å². The molecule has 0 saturated carbocycles. The van der Waals surface area contributed by atoms with Crippen molar-refractivity contribution in [2.24, 2.45) is 0 Å². The molecule has 3 aromatic carbocycles. The fourth-order valence-corrected chi connectivity index (χ4v) is 3.59. The molecule has 4 rings (SSSR count). The Bertz CT molecular complexity index is 1100. The van der Waals surface area contributed by atoms with Crippen LogP contribution in [0.1, 0.15) is 18.5 Å². The molecular weight excluding hydrogens is 374 g/mol. The lowest BCUT2D eigenvalue weighted by Crippen LogP contribution is -2.46. The van der Waals surface area contributed by atoms with Gasteiger partial charge in [0.05, 0.1) is 11.6 Å². The highest BCUT2D eigenvalue weighted by atomic mass is 35.5. The second-order valence-electron chi connectivity index (χ2n) is 6.60. The Morgan fingerprint density at radius 1 is 1.00 bits per heavy atom. The highest BCUT2D eigenvalue weighted by Crippen LogP contribution is 2.32. The zero-order valence-electron chi connectivity index (χ0n) is 15.1. The maximum Gasteiger partial charge on any atom is 0.319 e. The van der Waals surface area contributed by atoms with Crippen LogP contribution in [0.3, 0.4) is 0 Å². The quantitative estimate of drug-likeness (QED) is 0.602. The van der Waals surface area contributed by atoms with Crippen molar-refractivity contribution in [3.63, 3.8) is 0 Å². The van der Waals surface area contributed by atoms with Gasteiger partial charge in [0.25, 0.3) is 5.91 Å². The maximum atomic E-state index is 13.1. The Kier molecular flexibility index (Phi) is 4.75. The molecule has 1 heterocycles. The van der Waals surface area contributed by atoms with Crippen LogP contribution in [-0.4, -0.2) is 11.9 Å². The molecule has 0 saturated heterocycles. The molecule has 5 nitrogen and oxygen atoms in total. The fourth-order valence-electron chi connectivity index (χ4n) is 3.46. The van der Waals surface area contributed by atoms with Crippen LogP contribution in [0.5, 0.6) is 0 Å². The average Bonchev–Trinajstić information content (AvgIpc) is 2.68. The lowest BCUT2D eigenvalue weighted by Gasteiger charge is -2.29. The van der Waals surface area contributed by atoms with Crippen molar-refractivity contribution in [3.05, 3.63) is 88.6 Å². The smallest absolute Gasteiger partial charge is 0.319 e. The lowest BCUT2D eigenvalue weighted by molar-refractivity contribution is -0.113. The summed E-state index contributed by atoms with van der Waals surface area (Å²) in [4.78, 5) is 25.3. The predicted molar refractivity (Wildman–Crippen MR) is 111 cm³/mol. The molecule has 6 heteroatoms. The van der Waals surface area contributed by atoms with Crippen LogP contribution in [-0.2, 0) is 4.79 Å². The number of rotatable bonds is 3. The number of hydrogen-bond donors (Lipinski definition) is 3. The normalized spacial score (nSPS) is 16.5. The number of anilines is 1. The van der Waals surface area contributed by atoms with Crippen LogP contribution in [0, 0.1) is 0 Å². The first-order chi connectivity index (χ1) is 13.5. The molecule has 28 heavy (non-hydrogen) atoms. The minimum Gasteiger partial charge on any atom is -0.327 e. The molecule has 140 valence electrons. The number of benzene rings is 3. The van der Waals surface area contributed by atoms with E-state index in [4.69, 9.17) is 11.6 Å². The summed E-state index contributed by atoms with van der Waals surface area (Å²) in [5, 5.41) is 11.1. The zero-order valence-corrected chi connectivity index (χ0v) is 15.9. The lowest BCUT2D eigenvalue weighted by atomic mass is 9.91. The van der Waals surface area contributed by atoms with E-state index in [-0.39, 0.29) is 11.9 Å². The van der Waals surface area contributed by atoms with Gasteiger partial charge < -0.3 is 16.0 Å². The molecule has 1 unspecified atom stereocenters. The number of allylic oxidation sites excluding steroid dienone is 1. The van der Waals surface area contributed by atoms with E-state index in [9.17, 15) is 9.59 Å². The van der Waals surface area contributed by atoms with Crippen LogP contribution in [0.15, 0.2) is 78.0 Å². The molecule has 3 amide bonds. The molecular formula is C22H18ClN3O2. The highest BCUT2D eigenvalue weighted by Gasteiger charge is 2.32. The van der Waals surface area contributed by atoms with E-state index >= 15 is 0 Å². The van der Waals surface area contributed by atoms with Crippen molar-refractivity contribution in [2.45, 2.75) is 13.0 Å². The summed E-state index contributed by atoms with van der Waals surface area (Å²) < 4.78 is 0. The van der Waals surface area contributed by atoms with E-state index in [1.807, 2.05) is 42.5 Å². The van der Waals surface area contributed by atoms with Gasteiger partial charge in [-0.1, -0.05) is 54.1 Å². The second kappa shape index (κ2) is 7.37. The van der Waals surface area contributed by atoms with Gasteiger partial charge in [-0.05, 0) is 47.5 Å². The summed E-state index contributed by atoms with van der Waals surface area (Å²) in [6.45, 7) is 1.73. The van der Waals surface area contributed by atoms with Crippen LogP contribution < -0.4 is 16.0 Å². The van der Waals surface area contributed by atoms with Crippen LogP contribution in [0.25, 0.3) is 10.8 Å². The van der Waals surface area contributed by atoms with Crippen LogP contribution in [0.4, 0.5) is 10.5 Å². The SMILES string of the molecule is CC1=C(C(=O)Nc2ccc(Cl)cc2)C(c2cccc3ccccc23)NC(=O)N1. The molecule has 0 radical (unpaired) electrons. The number of carbonyl (C=O) groups is 2. The highest BCUT2D eigenvalue weighted by molar-refractivity contribution is 6.30. The molecule has 0 aromatic heterocycles. The van der Waals surface area contributed by atoms with Gasteiger partial charge in [-0.25, -0.2) is 4.79 Å². The van der Waals surface area contributed by atoms with Gasteiger partial charge >= 0.3 is 6.03 Å².